The van der Waals surface area contributed by atoms with Crippen LogP contribution in [-0.4, -0.2) is 11.3 Å². The first-order valence-electron chi connectivity index (χ1n) is 3.17. The van der Waals surface area contributed by atoms with Crippen LogP contribution in [0.5, 0.6) is 0 Å². The Morgan fingerprint density at radius 3 is 2.75 bits per heavy atom. The number of aldehydes is 1. The van der Waals surface area contributed by atoms with Gasteiger partial charge in [-0.1, -0.05) is 29.3 Å². The smallest absolute Gasteiger partial charge is 0.147 e. The first-order valence-corrected chi connectivity index (χ1v) is 3.92. The molecule has 0 N–H and O–H groups in total. The molecule has 12 heavy (non-hydrogen) atoms. The zero-order valence-electron chi connectivity index (χ0n) is 6.00. The fourth-order valence-electron chi connectivity index (χ4n) is 0.678. The number of carbonyl (C=O) groups is 1. The molecule has 0 saturated carbocycles. The van der Waals surface area contributed by atoms with Gasteiger partial charge in [0.2, 0.25) is 0 Å². The quantitative estimate of drug-likeness (QED) is 0.419. The summed E-state index contributed by atoms with van der Waals surface area (Å²) in [5.41, 5.74) is 0.747. The minimum absolute atomic E-state index is 0.264. The first-order chi connectivity index (χ1) is 5.74. The molecule has 1 aromatic heterocycles. The normalized spacial score (nSPS) is 10.5. The summed E-state index contributed by atoms with van der Waals surface area (Å²) >= 11 is 11.3. The van der Waals surface area contributed by atoms with Gasteiger partial charge in [-0.05, 0) is 17.7 Å². The molecule has 4 heteroatoms. The van der Waals surface area contributed by atoms with E-state index in [-0.39, 0.29) is 5.15 Å². The lowest BCUT2D eigenvalue weighted by Crippen LogP contribution is -1.79. The van der Waals surface area contributed by atoms with Gasteiger partial charge in [-0.3, -0.25) is 4.79 Å². The van der Waals surface area contributed by atoms with Crippen LogP contribution in [-0.2, 0) is 4.79 Å². The highest BCUT2D eigenvalue weighted by Crippen LogP contribution is 2.19. The highest BCUT2D eigenvalue weighted by molar-refractivity contribution is 6.41. The zero-order valence-corrected chi connectivity index (χ0v) is 7.51. The third-order valence-corrected chi connectivity index (χ3v) is 1.87. The standard InChI is InChI=1S/C8H5Cl2NO/c9-7-4-6(2-1-3-12)5-11-8(7)10/h1-5H. The molecule has 1 heterocycles. The Balaban J connectivity index is 2.96. The predicted molar refractivity (Wildman–Crippen MR) is 49.4 cm³/mol. The van der Waals surface area contributed by atoms with Gasteiger partial charge in [0.25, 0.3) is 0 Å². The zero-order chi connectivity index (χ0) is 8.97. The third-order valence-electron chi connectivity index (χ3n) is 1.18. The number of hydrogen-bond donors (Lipinski definition) is 0. The van der Waals surface area contributed by atoms with E-state index in [2.05, 4.69) is 4.98 Å². The Hall–Kier alpha value is -0.860. The number of pyridine rings is 1. The van der Waals surface area contributed by atoms with Gasteiger partial charge in [-0.15, -0.1) is 0 Å². The number of hydrogen-bond acceptors (Lipinski definition) is 2. The largest absolute Gasteiger partial charge is 0.299 e. The molecule has 2 nitrogen and oxygen atoms in total. The van der Waals surface area contributed by atoms with Gasteiger partial charge in [-0.25, -0.2) is 4.98 Å². The molecule has 0 atom stereocenters. The van der Waals surface area contributed by atoms with Crippen molar-refractivity contribution in [3.8, 4) is 0 Å². The van der Waals surface area contributed by atoms with E-state index in [1.54, 1.807) is 12.1 Å². The summed E-state index contributed by atoms with van der Waals surface area (Å²) in [5.74, 6) is 0. The molecule has 0 spiro atoms. The summed E-state index contributed by atoms with van der Waals surface area (Å²) < 4.78 is 0. The number of carbonyl (C=O) groups excluding carboxylic acids is 1. The van der Waals surface area contributed by atoms with Crippen molar-refractivity contribution in [3.05, 3.63) is 34.1 Å². The van der Waals surface area contributed by atoms with Crippen molar-refractivity contribution in [2.45, 2.75) is 0 Å². The molecule has 0 bridgehead atoms. The van der Waals surface area contributed by atoms with Crippen molar-refractivity contribution in [1.29, 1.82) is 0 Å². The highest BCUT2D eigenvalue weighted by atomic mass is 35.5. The maximum Gasteiger partial charge on any atom is 0.147 e. The Labute approximate surface area is 79.8 Å². The number of aromatic nitrogens is 1. The molecular weight excluding hydrogens is 197 g/mol. The topological polar surface area (TPSA) is 30.0 Å². The van der Waals surface area contributed by atoms with Gasteiger partial charge >= 0.3 is 0 Å². The van der Waals surface area contributed by atoms with Crippen LogP contribution in [0.3, 0.4) is 0 Å². The molecular formula is C8H5Cl2NO. The van der Waals surface area contributed by atoms with Crippen LogP contribution >= 0.6 is 23.2 Å². The van der Waals surface area contributed by atoms with Crippen LogP contribution in [0.2, 0.25) is 10.2 Å². The van der Waals surface area contributed by atoms with E-state index in [0.29, 0.717) is 11.3 Å². The second-order valence-electron chi connectivity index (χ2n) is 2.04. The summed E-state index contributed by atoms with van der Waals surface area (Å²) in [7, 11) is 0. The molecule has 0 aliphatic heterocycles. The van der Waals surface area contributed by atoms with E-state index in [9.17, 15) is 4.79 Å². The molecule has 0 saturated heterocycles. The van der Waals surface area contributed by atoms with E-state index >= 15 is 0 Å². The van der Waals surface area contributed by atoms with E-state index in [4.69, 9.17) is 23.2 Å². The lowest BCUT2D eigenvalue weighted by molar-refractivity contribution is -0.104. The van der Waals surface area contributed by atoms with Crippen molar-refractivity contribution in [2.75, 3.05) is 0 Å². The summed E-state index contributed by atoms with van der Waals surface area (Å²) in [6.07, 6.45) is 5.18. The number of halogens is 2. The Kier molecular flexibility index (Phi) is 3.26. The summed E-state index contributed by atoms with van der Waals surface area (Å²) in [5, 5.41) is 0.643. The summed E-state index contributed by atoms with van der Waals surface area (Å²) in [6, 6.07) is 1.64. The fourth-order valence-corrected chi connectivity index (χ4v) is 0.956. The van der Waals surface area contributed by atoms with Gasteiger partial charge in [0, 0.05) is 6.20 Å². The molecule has 62 valence electrons. The number of nitrogens with zero attached hydrogens (tertiary/aromatic N) is 1. The van der Waals surface area contributed by atoms with Gasteiger partial charge in [0.05, 0.1) is 5.02 Å². The van der Waals surface area contributed by atoms with Crippen LogP contribution < -0.4 is 0 Å². The van der Waals surface area contributed by atoms with Crippen molar-refractivity contribution < 1.29 is 4.79 Å². The molecule has 0 radical (unpaired) electrons. The number of rotatable bonds is 2. The van der Waals surface area contributed by atoms with Crippen LogP contribution in [0, 0.1) is 0 Å². The Morgan fingerprint density at radius 1 is 1.42 bits per heavy atom. The van der Waals surface area contributed by atoms with Crippen LogP contribution in [0.15, 0.2) is 18.3 Å². The van der Waals surface area contributed by atoms with E-state index in [0.717, 1.165) is 5.56 Å². The maximum atomic E-state index is 9.96. The molecule has 0 unspecified atom stereocenters. The minimum atomic E-state index is 0.264. The van der Waals surface area contributed by atoms with E-state index in [1.165, 1.54) is 12.3 Å². The Morgan fingerprint density at radius 2 is 2.17 bits per heavy atom. The Bertz CT molecular complexity index is 323. The fraction of sp³-hybridized carbons (Fsp3) is 0. The van der Waals surface area contributed by atoms with Crippen LogP contribution in [0.4, 0.5) is 0 Å². The van der Waals surface area contributed by atoms with Gasteiger partial charge in [-0.2, -0.15) is 0 Å². The summed E-state index contributed by atoms with van der Waals surface area (Å²) in [6.45, 7) is 0. The average Bonchev–Trinajstić information content (AvgIpc) is 2.07. The lowest BCUT2D eigenvalue weighted by Gasteiger charge is -1.94. The van der Waals surface area contributed by atoms with E-state index < -0.39 is 0 Å². The molecule has 0 aliphatic rings. The molecule has 0 aliphatic carbocycles. The van der Waals surface area contributed by atoms with Crippen LogP contribution in [0.1, 0.15) is 5.56 Å². The molecule has 1 rings (SSSR count). The SMILES string of the molecule is O=CC=Cc1cnc(Cl)c(Cl)c1. The molecule has 0 aromatic carbocycles. The molecule has 1 aromatic rings. The third kappa shape index (κ3) is 2.32. The predicted octanol–water partition coefficient (Wildman–Crippen LogP) is 2.60. The highest BCUT2D eigenvalue weighted by Gasteiger charge is 1.97. The van der Waals surface area contributed by atoms with Gasteiger partial charge in [0.15, 0.2) is 0 Å². The first kappa shape index (κ1) is 9.23. The molecule has 0 amide bonds. The molecule has 0 fully saturated rings. The van der Waals surface area contributed by atoms with Crippen molar-refractivity contribution >= 4 is 35.6 Å². The van der Waals surface area contributed by atoms with Gasteiger partial charge in [0.1, 0.15) is 11.4 Å². The van der Waals surface area contributed by atoms with Crippen LogP contribution in [0.25, 0.3) is 6.08 Å². The second kappa shape index (κ2) is 4.24. The maximum absolute atomic E-state index is 9.96. The minimum Gasteiger partial charge on any atom is -0.299 e. The van der Waals surface area contributed by atoms with E-state index in [1.807, 2.05) is 0 Å². The van der Waals surface area contributed by atoms with Crippen molar-refractivity contribution in [1.82, 2.24) is 4.98 Å². The summed E-state index contributed by atoms with van der Waals surface area (Å²) in [4.78, 5) is 13.8. The van der Waals surface area contributed by atoms with Crippen molar-refractivity contribution in [3.63, 3.8) is 0 Å². The number of allylic oxidation sites excluding steroid dienone is 1. The second-order valence-corrected chi connectivity index (χ2v) is 2.80. The monoisotopic (exact) mass is 201 g/mol. The average molecular weight is 202 g/mol. The van der Waals surface area contributed by atoms with Gasteiger partial charge < -0.3 is 0 Å². The lowest BCUT2D eigenvalue weighted by atomic mass is 10.3. The van der Waals surface area contributed by atoms with Crippen molar-refractivity contribution in [2.24, 2.45) is 0 Å².